The first-order valence-electron chi connectivity index (χ1n) is 8.78. The SMILES string of the molecule is Cc1cc(NC(=O)C2CC2)sc1C(=O)N(C)Cc1ccc(N(C)C)cc1. The molecule has 1 aromatic heterocycles. The van der Waals surface area contributed by atoms with E-state index in [9.17, 15) is 9.59 Å². The molecule has 0 unspecified atom stereocenters. The van der Waals surface area contributed by atoms with Crippen LogP contribution in [0.1, 0.15) is 33.6 Å². The first-order chi connectivity index (χ1) is 12.3. The Bertz CT molecular complexity index is 807. The summed E-state index contributed by atoms with van der Waals surface area (Å²) < 4.78 is 0. The lowest BCUT2D eigenvalue weighted by Gasteiger charge is -2.18. The Labute approximate surface area is 158 Å². The lowest BCUT2D eigenvalue weighted by Crippen LogP contribution is -2.26. The molecule has 0 radical (unpaired) electrons. The van der Waals surface area contributed by atoms with Crippen LogP contribution in [0.25, 0.3) is 0 Å². The average Bonchev–Trinajstić information content (AvgIpc) is 3.39. The molecule has 1 aromatic carbocycles. The van der Waals surface area contributed by atoms with Crippen molar-refractivity contribution in [2.24, 2.45) is 5.92 Å². The minimum Gasteiger partial charge on any atom is -0.378 e. The van der Waals surface area contributed by atoms with Crippen LogP contribution in [-0.4, -0.2) is 37.9 Å². The molecule has 6 heteroatoms. The van der Waals surface area contributed by atoms with Crippen molar-refractivity contribution in [3.8, 4) is 0 Å². The van der Waals surface area contributed by atoms with Crippen LogP contribution in [0.4, 0.5) is 10.7 Å². The first-order valence-corrected chi connectivity index (χ1v) is 9.60. The molecular formula is C20H25N3O2S. The summed E-state index contributed by atoms with van der Waals surface area (Å²) in [5.74, 6) is 0.208. The van der Waals surface area contributed by atoms with Crippen LogP contribution in [0.5, 0.6) is 0 Å². The molecule has 0 aliphatic heterocycles. The summed E-state index contributed by atoms with van der Waals surface area (Å²) in [5.41, 5.74) is 3.12. The number of nitrogens with zero attached hydrogens (tertiary/aromatic N) is 2. The quantitative estimate of drug-likeness (QED) is 0.841. The standard InChI is InChI=1S/C20H25N3O2S/c1-13-11-17(21-19(24)15-7-8-15)26-18(13)20(25)23(4)12-14-5-9-16(10-6-14)22(2)3/h5-6,9-11,15H,7-8,12H2,1-4H3,(H,21,24). The molecule has 1 aliphatic rings. The van der Waals surface area contributed by atoms with Gasteiger partial charge in [0.15, 0.2) is 0 Å². The molecule has 0 saturated heterocycles. The topological polar surface area (TPSA) is 52.7 Å². The molecule has 1 heterocycles. The van der Waals surface area contributed by atoms with Gasteiger partial charge in [0.1, 0.15) is 0 Å². The van der Waals surface area contributed by atoms with Gasteiger partial charge in [-0.15, -0.1) is 11.3 Å². The molecule has 3 rings (SSSR count). The van der Waals surface area contributed by atoms with Gasteiger partial charge in [0, 0.05) is 39.3 Å². The smallest absolute Gasteiger partial charge is 0.264 e. The monoisotopic (exact) mass is 371 g/mol. The largest absolute Gasteiger partial charge is 0.378 e. The number of anilines is 2. The van der Waals surface area contributed by atoms with Gasteiger partial charge in [-0.3, -0.25) is 9.59 Å². The van der Waals surface area contributed by atoms with Crippen molar-refractivity contribution in [2.45, 2.75) is 26.3 Å². The Balaban J connectivity index is 1.65. The molecule has 2 amide bonds. The van der Waals surface area contributed by atoms with Crippen LogP contribution in [0, 0.1) is 12.8 Å². The lowest BCUT2D eigenvalue weighted by molar-refractivity contribution is -0.117. The van der Waals surface area contributed by atoms with E-state index < -0.39 is 0 Å². The predicted octanol–water partition coefficient (Wildman–Crippen LogP) is 3.74. The Morgan fingerprint density at radius 2 is 1.81 bits per heavy atom. The zero-order chi connectivity index (χ0) is 18.8. The highest BCUT2D eigenvalue weighted by molar-refractivity contribution is 7.18. The maximum absolute atomic E-state index is 12.8. The molecule has 26 heavy (non-hydrogen) atoms. The van der Waals surface area contributed by atoms with Crippen LogP contribution in [0.3, 0.4) is 0 Å². The summed E-state index contributed by atoms with van der Waals surface area (Å²) >= 11 is 1.36. The van der Waals surface area contributed by atoms with Gasteiger partial charge in [0.05, 0.1) is 9.88 Å². The van der Waals surface area contributed by atoms with Gasteiger partial charge in [-0.2, -0.15) is 0 Å². The molecule has 2 aromatic rings. The summed E-state index contributed by atoms with van der Waals surface area (Å²) in [5, 5.41) is 3.69. The third kappa shape index (κ3) is 4.25. The normalized spacial score (nSPS) is 13.4. The number of benzene rings is 1. The van der Waals surface area contributed by atoms with Crippen molar-refractivity contribution in [3.63, 3.8) is 0 Å². The summed E-state index contributed by atoms with van der Waals surface area (Å²) in [6.45, 7) is 2.46. The molecular weight excluding hydrogens is 346 g/mol. The summed E-state index contributed by atoms with van der Waals surface area (Å²) in [6.07, 6.45) is 1.94. The fourth-order valence-corrected chi connectivity index (χ4v) is 3.81. The van der Waals surface area contributed by atoms with Gasteiger partial charge in [-0.25, -0.2) is 0 Å². The first kappa shape index (κ1) is 18.5. The van der Waals surface area contributed by atoms with E-state index in [2.05, 4.69) is 17.4 Å². The molecule has 1 fully saturated rings. The Hall–Kier alpha value is -2.34. The van der Waals surface area contributed by atoms with Crippen LogP contribution < -0.4 is 10.2 Å². The molecule has 138 valence electrons. The fourth-order valence-electron chi connectivity index (χ4n) is 2.74. The minimum atomic E-state index is -0.0175. The third-order valence-corrected chi connectivity index (χ3v) is 5.67. The Morgan fingerprint density at radius 1 is 1.15 bits per heavy atom. The van der Waals surface area contributed by atoms with Gasteiger partial charge < -0.3 is 15.1 Å². The van der Waals surface area contributed by atoms with Gasteiger partial charge in [-0.05, 0) is 49.1 Å². The summed E-state index contributed by atoms with van der Waals surface area (Å²) in [7, 11) is 5.82. The highest BCUT2D eigenvalue weighted by Crippen LogP contribution is 2.33. The number of hydrogen-bond acceptors (Lipinski definition) is 4. The van der Waals surface area contributed by atoms with Crippen LogP contribution in [0.15, 0.2) is 30.3 Å². The fraction of sp³-hybridized carbons (Fsp3) is 0.400. The van der Waals surface area contributed by atoms with Gasteiger partial charge in [-0.1, -0.05) is 12.1 Å². The van der Waals surface area contributed by atoms with E-state index in [1.165, 1.54) is 11.3 Å². The van der Waals surface area contributed by atoms with Crippen molar-refractivity contribution in [2.75, 3.05) is 31.4 Å². The lowest BCUT2D eigenvalue weighted by atomic mass is 10.2. The molecule has 1 N–H and O–H groups in total. The second kappa shape index (κ2) is 7.50. The van der Waals surface area contributed by atoms with Crippen molar-refractivity contribution in [1.29, 1.82) is 0 Å². The van der Waals surface area contributed by atoms with Gasteiger partial charge in [0.2, 0.25) is 5.91 Å². The highest BCUT2D eigenvalue weighted by Gasteiger charge is 2.30. The number of carbonyl (C=O) groups is 2. The second-order valence-corrected chi connectivity index (χ2v) is 8.16. The molecule has 5 nitrogen and oxygen atoms in total. The Kier molecular flexibility index (Phi) is 5.32. The molecule has 1 saturated carbocycles. The number of thiophene rings is 1. The van der Waals surface area contributed by atoms with Crippen LogP contribution >= 0.6 is 11.3 Å². The van der Waals surface area contributed by atoms with Crippen molar-refractivity contribution < 1.29 is 9.59 Å². The van der Waals surface area contributed by atoms with Crippen molar-refractivity contribution >= 4 is 33.8 Å². The van der Waals surface area contributed by atoms with E-state index in [1.807, 2.05) is 51.2 Å². The van der Waals surface area contributed by atoms with Crippen molar-refractivity contribution in [1.82, 2.24) is 4.90 Å². The minimum absolute atomic E-state index is 0.0175. The summed E-state index contributed by atoms with van der Waals surface area (Å²) in [6, 6.07) is 10.1. The maximum atomic E-state index is 12.8. The molecule has 1 aliphatic carbocycles. The molecule has 0 spiro atoms. The molecule has 0 atom stereocenters. The number of nitrogens with one attached hydrogen (secondary N) is 1. The number of carbonyl (C=O) groups excluding carboxylic acids is 2. The maximum Gasteiger partial charge on any atom is 0.264 e. The van der Waals surface area contributed by atoms with E-state index in [0.717, 1.165) is 34.7 Å². The highest BCUT2D eigenvalue weighted by atomic mass is 32.1. The van der Waals surface area contributed by atoms with Crippen molar-refractivity contribution in [3.05, 3.63) is 46.3 Å². The van der Waals surface area contributed by atoms with E-state index in [0.29, 0.717) is 11.4 Å². The number of rotatable bonds is 6. The average molecular weight is 372 g/mol. The predicted molar refractivity (Wildman–Crippen MR) is 107 cm³/mol. The Morgan fingerprint density at radius 3 is 2.38 bits per heavy atom. The zero-order valence-corrected chi connectivity index (χ0v) is 16.5. The number of hydrogen-bond donors (Lipinski definition) is 1. The van der Waals surface area contributed by atoms with E-state index in [4.69, 9.17) is 0 Å². The number of amides is 2. The third-order valence-electron chi connectivity index (χ3n) is 4.53. The van der Waals surface area contributed by atoms with Crippen LogP contribution in [0.2, 0.25) is 0 Å². The van der Waals surface area contributed by atoms with E-state index in [-0.39, 0.29) is 17.7 Å². The van der Waals surface area contributed by atoms with Crippen LogP contribution in [-0.2, 0) is 11.3 Å². The van der Waals surface area contributed by atoms with E-state index in [1.54, 1.807) is 4.90 Å². The summed E-state index contributed by atoms with van der Waals surface area (Å²) in [4.78, 5) is 29.2. The zero-order valence-electron chi connectivity index (χ0n) is 15.7. The van der Waals surface area contributed by atoms with Gasteiger partial charge in [0.25, 0.3) is 5.91 Å². The molecule has 0 bridgehead atoms. The van der Waals surface area contributed by atoms with Gasteiger partial charge >= 0.3 is 0 Å². The number of aryl methyl sites for hydroxylation is 1. The second-order valence-electron chi connectivity index (χ2n) is 7.11. The van der Waals surface area contributed by atoms with E-state index >= 15 is 0 Å².